The summed E-state index contributed by atoms with van der Waals surface area (Å²) in [6.45, 7) is 2.34. The molecule has 2 aliphatic rings. The molecule has 0 aliphatic heterocycles. The Morgan fingerprint density at radius 1 is 0.938 bits per heavy atom. The summed E-state index contributed by atoms with van der Waals surface area (Å²) in [6, 6.07) is 0. The van der Waals surface area contributed by atoms with Crippen LogP contribution in [-0.2, 0) is 4.79 Å². The van der Waals surface area contributed by atoms with E-state index in [0.29, 0.717) is 5.78 Å². The van der Waals surface area contributed by atoms with Crippen molar-refractivity contribution in [3.63, 3.8) is 0 Å². The molecular weight excluding hydrogens is 196 g/mol. The minimum Gasteiger partial charge on any atom is -0.300 e. The van der Waals surface area contributed by atoms with Crippen molar-refractivity contribution in [1.82, 2.24) is 0 Å². The Labute approximate surface area is 100.0 Å². The zero-order valence-corrected chi connectivity index (χ0v) is 10.7. The summed E-state index contributed by atoms with van der Waals surface area (Å²) in [6.07, 6.45) is 12.7. The fourth-order valence-electron chi connectivity index (χ4n) is 3.72. The Hall–Kier alpha value is -0.330. The highest BCUT2D eigenvalue weighted by Crippen LogP contribution is 2.38. The lowest BCUT2D eigenvalue weighted by Gasteiger charge is -2.29. The molecule has 0 amide bonds. The van der Waals surface area contributed by atoms with Crippen molar-refractivity contribution in [3.05, 3.63) is 0 Å². The molecule has 0 radical (unpaired) electrons. The molecule has 2 saturated carbocycles. The van der Waals surface area contributed by atoms with Crippen LogP contribution in [-0.4, -0.2) is 5.78 Å². The number of carbonyl (C=O) groups excluding carboxylic acids is 1. The van der Waals surface area contributed by atoms with E-state index in [0.717, 1.165) is 30.6 Å². The Balaban J connectivity index is 1.82. The van der Waals surface area contributed by atoms with Crippen molar-refractivity contribution in [1.29, 1.82) is 0 Å². The molecule has 0 N–H and O–H groups in total. The second kappa shape index (κ2) is 5.84. The van der Waals surface area contributed by atoms with Crippen LogP contribution < -0.4 is 0 Å². The van der Waals surface area contributed by atoms with E-state index in [-0.39, 0.29) is 0 Å². The number of rotatable bonds is 2. The standard InChI is InChI=1S/C15H26O/c1-2-12-4-3-5-13(7-6-12)14-8-10-15(16)11-9-14/h12-14H,2-11H2,1H3. The zero-order chi connectivity index (χ0) is 11.4. The minimum atomic E-state index is 0.510. The van der Waals surface area contributed by atoms with Gasteiger partial charge in [-0.05, 0) is 37.0 Å². The van der Waals surface area contributed by atoms with E-state index in [9.17, 15) is 4.79 Å². The van der Waals surface area contributed by atoms with Gasteiger partial charge in [0.15, 0.2) is 0 Å². The van der Waals surface area contributed by atoms with Gasteiger partial charge in [-0.2, -0.15) is 0 Å². The molecule has 16 heavy (non-hydrogen) atoms. The predicted octanol–water partition coefficient (Wildman–Crippen LogP) is 4.35. The first kappa shape index (κ1) is 12.1. The molecule has 2 atom stereocenters. The van der Waals surface area contributed by atoms with E-state index in [1.807, 2.05) is 0 Å². The lowest BCUT2D eigenvalue weighted by molar-refractivity contribution is -0.121. The van der Waals surface area contributed by atoms with Crippen LogP contribution in [0.3, 0.4) is 0 Å². The lowest BCUT2D eigenvalue weighted by Crippen LogP contribution is -2.21. The number of carbonyl (C=O) groups is 1. The van der Waals surface area contributed by atoms with Gasteiger partial charge in [-0.25, -0.2) is 0 Å². The topological polar surface area (TPSA) is 17.1 Å². The number of hydrogen-bond acceptors (Lipinski definition) is 1. The molecule has 1 nitrogen and oxygen atoms in total. The smallest absolute Gasteiger partial charge is 0.132 e. The van der Waals surface area contributed by atoms with Crippen molar-refractivity contribution < 1.29 is 4.79 Å². The average Bonchev–Trinajstić information content (AvgIpc) is 2.55. The molecule has 0 spiro atoms. The van der Waals surface area contributed by atoms with Gasteiger partial charge >= 0.3 is 0 Å². The lowest BCUT2D eigenvalue weighted by atomic mass is 9.76. The van der Waals surface area contributed by atoms with Crippen molar-refractivity contribution >= 4 is 5.78 Å². The van der Waals surface area contributed by atoms with Gasteiger partial charge in [0.2, 0.25) is 0 Å². The van der Waals surface area contributed by atoms with Crippen LogP contribution in [0.5, 0.6) is 0 Å². The summed E-state index contributed by atoms with van der Waals surface area (Å²) < 4.78 is 0. The summed E-state index contributed by atoms with van der Waals surface area (Å²) >= 11 is 0. The molecule has 92 valence electrons. The van der Waals surface area contributed by atoms with Gasteiger partial charge in [-0.3, -0.25) is 4.79 Å². The SMILES string of the molecule is CCC1CCCC(C2CCC(=O)CC2)CC1. The van der Waals surface area contributed by atoms with Crippen molar-refractivity contribution in [3.8, 4) is 0 Å². The van der Waals surface area contributed by atoms with Crippen LogP contribution in [0.4, 0.5) is 0 Å². The van der Waals surface area contributed by atoms with Gasteiger partial charge < -0.3 is 0 Å². The summed E-state index contributed by atoms with van der Waals surface area (Å²) in [7, 11) is 0. The second-order valence-corrected chi connectivity index (χ2v) is 5.92. The summed E-state index contributed by atoms with van der Waals surface area (Å²) in [5.74, 6) is 3.34. The minimum absolute atomic E-state index is 0.510. The van der Waals surface area contributed by atoms with Gasteiger partial charge in [0.05, 0.1) is 0 Å². The third-order valence-electron chi connectivity index (χ3n) is 4.96. The van der Waals surface area contributed by atoms with Crippen LogP contribution in [0.25, 0.3) is 0 Å². The highest BCUT2D eigenvalue weighted by molar-refractivity contribution is 5.79. The molecule has 2 unspecified atom stereocenters. The van der Waals surface area contributed by atoms with Crippen molar-refractivity contribution in [2.45, 2.75) is 71.1 Å². The number of ketones is 1. The molecule has 0 aromatic rings. The van der Waals surface area contributed by atoms with E-state index in [4.69, 9.17) is 0 Å². The fraction of sp³-hybridized carbons (Fsp3) is 0.933. The molecule has 0 bridgehead atoms. The first-order chi connectivity index (χ1) is 7.79. The van der Waals surface area contributed by atoms with Crippen molar-refractivity contribution in [2.75, 3.05) is 0 Å². The number of hydrogen-bond donors (Lipinski definition) is 0. The predicted molar refractivity (Wildman–Crippen MR) is 67.3 cm³/mol. The monoisotopic (exact) mass is 222 g/mol. The highest BCUT2D eigenvalue weighted by atomic mass is 16.1. The van der Waals surface area contributed by atoms with E-state index < -0.39 is 0 Å². The summed E-state index contributed by atoms with van der Waals surface area (Å²) in [5, 5.41) is 0. The van der Waals surface area contributed by atoms with Crippen molar-refractivity contribution in [2.24, 2.45) is 17.8 Å². The Morgan fingerprint density at radius 3 is 2.31 bits per heavy atom. The van der Waals surface area contributed by atoms with Gasteiger partial charge in [-0.1, -0.05) is 39.0 Å². The van der Waals surface area contributed by atoms with Gasteiger partial charge in [-0.15, -0.1) is 0 Å². The third-order valence-corrected chi connectivity index (χ3v) is 4.96. The second-order valence-electron chi connectivity index (χ2n) is 5.92. The van der Waals surface area contributed by atoms with Crippen LogP contribution >= 0.6 is 0 Å². The normalized spacial score (nSPS) is 33.7. The number of Topliss-reactive ketones (excluding diaryl/α,β-unsaturated/α-hetero) is 1. The highest BCUT2D eigenvalue weighted by Gasteiger charge is 2.28. The van der Waals surface area contributed by atoms with Crippen LogP contribution in [0.2, 0.25) is 0 Å². The molecule has 2 rings (SSSR count). The Morgan fingerprint density at radius 2 is 1.62 bits per heavy atom. The van der Waals surface area contributed by atoms with Crippen LogP contribution in [0.15, 0.2) is 0 Å². The summed E-state index contributed by atoms with van der Waals surface area (Å²) in [4.78, 5) is 11.3. The largest absolute Gasteiger partial charge is 0.300 e. The van der Waals surface area contributed by atoms with Gasteiger partial charge in [0.1, 0.15) is 5.78 Å². The quantitative estimate of drug-likeness (QED) is 0.635. The maximum atomic E-state index is 11.3. The molecule has 2 fully saturated rings. The Bertz CT molecular complexity index is 224. The first-order valence-corrected chi connectivity index (χ1v) is 7.31. The molecule has 2 aliphatic carbocycles. The molecule has 0 aromatic carbocycles. The first-order valence-electron chi connectivity index (χ1n) is 7.31. The van der Waals surface area contributed by atoms with Gasteiger partial charge in [0, 0.05) is 12.8 Å². The van der Waals surface area contributed by atoms with E-state index in [1.165, 1.54) is 51.4 Å². The Kier molecular flexibility index (Phi) is 4.43. The molecule has 1 heteroatoms. The van der Waals surface area contributed by atoms with E-state index in [1.54, 1.807) is 0 Å². The van der Waals surface area contributed by atoms with Crippen LogP contribution in [0.1, 0.15) is 71.1 Å². The molecular formula is C15H26O. The molecule has 0 saturated heterocycles. The summed E-state index contributed by atoms with van der Waals surface area (Å²) in [5.41, 5.74) is 0. The maximum absolute atomic E-state index is 11.3. The average molecular weight is 222 g/mol. The van der Waals surface area contributed by atoms with E-state index in [2.05, 4.69) is 6.92 Å². The van der Waals surface area contributed by atoms with Crippen LogP contribution in [0, 0.1) is 17.8 Å². The third kappa shape index (κ3) is 3.09. The maximum Gasteiger partial charge on any atom is 0.132 e. The molecule has 0 heterocycles. The fourth-order valence-corrected chi connectivity index (χ4v) is 3.72. The van der Waals surface area contributed by atoms with E-state index >= 15 is 0 Å². The van der Waals surface area contributed by atoms with Gasteiger partial charge in [0.25, 0.3) is 0 Å². The molecule has 0 aromatic heterocycles. The zero-order valence-electron chi connectivity index (χ0n) is 10.7.